The maximum absolute atomic E-state index is 13.5. The summed E-state index contributed by atoms with van der Waals surface area (Å²) in [4.78, 5) is 4.83. The van der Waals surface area contributed by atoms with Crippen molar-refractivity contribution in [2.24, 2.45) is 0 Å². The average Bonchev–Trinajstić information content (AvgIpc) is 2.88. The van der Waals surface area contributed by atoms with Crippen molar-refractivity contribution in [1.29, 1.82) is 0 Å². The number of nitrogens with zero attached hydrogens (tertiary/aromatic N) is 3. The molecule has 0 N–H and O–H groups in total. The van der Waals surface area contributed by atoms with Gasteiger partial charge < -0.3 is 9.47 Å². The van der Waals surface area contributed by atoms with Gasteiger partial charge >= 0.3 is 0 Å². The minimum Gasteiger partial charge on any atom is -0.497 e. The molecule has 1 heterocycles. The summed E-state index contributed by atoms with van der Waals surface area (Å²) in [5, 5.41) is 9.65. The zero-order valence-corrected chi connectivity index (χ0v) is 20.7. The molecule has 5 rings (SSSR count). The topological polar surface area (TPSA) is 57.1 Å². The Morgan fingerprint density at radius 2 is 1.29 bits per heavy atom. The third-order valence-electron chi connectivity index (χ3n) is 6.03. The van der Waals surface area contributed by atoms with Gasteiger partial charge in [0, 0.05) is 21.6 Å². The molecule has 0 radical (unpaired) electrons. The lowest BCUT2D eigenvalue weighted by molar-refractivity contribution is 0.100. The highest BCUT2D eigenvalue weighted by Crippen LogP contribution is 2.44. The third kappa shape index (κ3) is 5.77. The Bertz CT molecular complexity index is 1250. The molecule has 1 fully saturated rings. The van der Waals surface area contributed by atoms with E-state index in [0.29, 0.717) is 24.4 Å². The van der Waals surface area contributed by atoms with Gasteiger partial charge in [0.05, 0.1) is 14.2 Å². The van der Waals surface area contributed by atoms with E-state index in [9.17, 15) is 4.39 Å². The summed E-state index contributed by atoms with van der Waals surface area (Å²) in [6, 6.07) is 24.7. The van der Waals surface area contributed by atoms with Gasteiger partial charge in [0.2, 0.25) is 0 Å². The zero-order chi connectivity index (χ0) is 24.8. The summed E-state index contributed by atoms with van der Waals surface area (Å²) in [5.74, 6) is 2.12. The van der Waals surface area contributed by atoms with E-state index >= 15 is 0 Å². The highest BCUT2D eigenvalue weighted by molar-refractivity contribution is 6.30. The van der Waals surface area contributed by atoms with Crippen LogP contribution >= 0.6 is 11.6 Å². The molecule has 3 aromatic carbocycles. The molecule has 0 amide bonds. The quantitative estimate of drug-likeness (QED) is 0.302. The van der Waals surface area contributed by atoms with Crippen molar-refractivity contribution in [3.63, 3.8) is 0 Å². The van der Waals surface area contributed by atoms with Crippen molar-refractivity contribution in [3.8, 4) is 34.0 Å². The van der Waals surface area contributed by atoms with Gasteiger partial charge in [0.1, 0.15) is 29.1 Å². The third-order valence-corrected chi connectivity index (χ3v) is 6.28. The number of rotatable bonds is 5. The molecule has 1 aromatic heterocycles. The minimum atomic E-state index is -0.792. The lowest BCUT2D eigenvalue weighted by Crippen LogP contribution is -2.41. The Labute approximate surface area is 209 Å². The van der Waals surface area contributed by atoms with Gasteiger partial charge in [-0.2, -0.15) is 0 Å². The lowest BCUT2D eigenvalue weighted by Gasteiger charge is -2.39. The molecular formula is C28H27ClFN3O2. The van der Waals surface area contributed by atoms with Crippen LogP contribution in [0.2, 0.25) is 5.02 Å². The number of halogens is 2. The SMILES string of the molecule is COc1ccc(-c2nnc(C3(C)CC(F)C3)nc2-c2ccc(OC)cc2)cc1.Clc1ccccc1. The van der Waals surface area contributed by atoms with Crippen LogP contribution in [0.25, 0.3) is 22.5 Å². The lowest BCUT2D eigenvalue weighted by atomic mass is 9.68. The van der Waals surface area contributed by atoms with Gasteiger partial charge in [-0.15, -0.1) is 10.2 Å². The molecule has 0 bridgehead atoms. The Hall–Kier alpha value is -3.51. The molecule has 180 valence electrons. The van der Waals surface area contributed by atoms with Gasteiger partial charge in [0.15, 0.2) is 5.82 Å². The Balaban J connectivity index is 0.000000356. The number of alkyl halides is 1. The van der Waals surface area contributed by atoms with E-state index in [1.807, 2.05) is 85.8 Å². The molecule has 1 aliphatic rings. The number of methoxy groups -OCH3 is 2. The van der Waals surface area contributed by atoms with E-state index in [0.717, 1.165) is 33.3 Å². The van der Waals surface area contributed by atoms with Crippen molar-refractivity contribution in [1.82, 2.24) is 15.2 Å². The number of hydrogen-bond acceptors (Lipinski definition) is 5. The van der Waals surface area contributed by atoms with Crippen LogP contribution < -0.4 is 9.47 Å². The summed E-state index contributed by atoms with van der Waals surface area (Å²) in [5.41, 5.74) is 2.83. The van der Waals surface area contributed by atoms with Crippen LogP contribution in [-0.4, -0.2) is 35.6 Å². The molecule has 0 aliphatic heterocycles. The van der Waals surface area contributed by atoms with E-state index in [4.69, 9.17) is 26.1 Å². The second kappa shape index (κ2) is 10.8. The van der Waals surface area contributed by atoms with Crippen LogP contribution in [0.15, 0.2) is 78.9 Å². The van der Waals surface area contributed by atoms with Gasteiger partial charge in [-0.1, -0.05) is 36.7 Å². The smallest absolute Gasteiger partial charge is 0.157 e. The molecule has 1 saturated carbocycles. The molecule has 7 heteroatoms. The van der Waals surface area contributed by atoms with Gasteiger partial charge in [-0.3, -0.25) is 0 Å². The van der Waals surface area contributed by atoms with E-state index in [2.05, 4.69) is 10.2 Å². The predicted octanol–water partition coefficient (Wildman–Crippen LogP) is 6.95. The van der Waals surface area contributed by atoms with Crippen LogP contribution in [-0.2, 0) is 5.41 Å². The van der Waals surface area contributed by atoms with Crippen molar-refractivity contribution in [2.75, 3.05) is 14.2 Å². The average molecular weight is 492 g/mol. The summed E-state index contributed by atoms with van der Waals surface area (Å²) in [7, 11) is 3.26. The number of hydrogen-bond donors (Lipinski definition) is 0. The summed E-state index contributed by atoms with van der Waals surface area (Å²) < 4.78 is 24.0. The first-order chi connectivity index (χ1) is 16.9. The van der Waals surface area contributed by atoms with E-state index in [-0.39, 0.29) is 5.41 Å². The molecule has 35 heavy (non-hydrogen) atoms. The van der Waals surface area contributed by atoms with Crippen molar-refractivity contribution >= 4 is 11.6 Å². The van der Waals surface area contributed by atoms with Crippen LogP contribution in [0.1, 0.15) is 25.6 Å². The summed E-state index contributed by atoms with van der Waals surface area (Å²) in [6.45, 7) is 1.99. The predicted molar refractivity (Wildman–Crippen MR) is 137 cm³/mol. The molecule has 4 aromatic rings. The molecule has 1 aliphatic carbocycles. The fourth-order valence-corrected chi connectivity index (χ4v) is 4.14. The normalized spacial score (nSPS) is 18.6. The fourth-order valence-electron chi connectivity index (χ4n) is 3.99. The van der Waals surface area contributed by atoms with Crippen molar-refractivity contribution in [3.05, 3.63) is 89.7 Å². The van der Waals surface area contributed by atoms with Crippen LogP contribution in [0.3, 0.4) is 0 Å². The number of aromatic nitrogens is 3. The van der Waals surface area contributed by atoms with Crippen LogP contribution in [0.5, 0.6) is 11.5 Å². The molecule has 5 nitrogen and oxygen atoms in total. The van der Waals surface area contributed by atoms with Crippen LogP contribution in [0.4, 0.5) is 4.39 Å². The van der Waals surface area contributed by atoms with Gasteiger partial charge in [0.25, 0.3) is 0 Å². The Morgan fingerprint density at radius 1 is 0.771 bits per heavy atom. The Kier molecular flexibility index (Phi) is 7.61. The first-order valence-electron chi connectivity index (χ1n) is 11.3. The van der Waals surface area contributed by atoms with Crippen molar-refractivity contribution in [2.45, 2.75) is 31.4 Å². The van der Waals surface area contributed by atoms with Gasteiger partial charge in [-0.25, -0.2) is 9.37 Å². The molecule has 0 atom stereocenters. The minimum absolute atomic E-state index is 0.369. The summed E-state index contributed by atoms with van der Waals surface area (Å²) >= 11 is 5.54. The van der Waals surface area contributed by atoms with E-state index in [1.165, 1.54) is 0 Å². The summed E-state index contributed by atoms with van der Waals surface area (Å²) in [6.07, 6.45) is 0.0660. The number of benzene rings is 3. The second-order valence-electron chi connectivity index (χ2n) is 8.65. The maximum atomic E-state index is 13.5. The first kappa shape index (κ1) is 24.6. The highest BCUT2D eigenvalue weighted by Gasteiger charge is 2.45. The monoisotopic (exact) mass is 491 g/mol. The molecule has 0 saturated heterocycles. The molecule has 0 unspecified atom stereocenters. The Morgan fingerprint density at radius 3 is 1.71 bits per heavy atom. The van der Waals surface area contributed by atoms with Gasteiger partial charge in [-0.05, 0) is 73.5 Å². The molecular weight excluding hydrogens is 465 g/mol. The van der Waals surface area contributed by atoms with E-state index in [1.54, 1.807) is 14.2 Å². The first-order valence-corrected chi connectivity index (χ1v) is 11.7. The zero-order valence-electron chi connectivity index (χ0n) is 19.9. The molecule has 0 spiro atoms. The highest BCUT2D eigenvalue weighted by atomic mass is 35.5. The van der Waals surface area contributed by atoms with E-state index < -0.39 is 6.17 Å². The standard InChI is InChI=1S/C22H22FN3O2.C6H5Cl/c1-22(12-16(23)13-22)21-24-19(14-4-8-17(27-2)9-5-14)20(25-26-21)15-6-10-18(28-3)11-7-15;7-6-4-2-1-3-5-6/h4-11,16H,12-13H2,1-3H3;1-5H. The maximum Gasteiger partial charge on any atom is 0.157 e. The van der Waals surface area contributed by atoms with Crippen molar-refractivity contribution < 1.29 is 13.9 Å². The van der Waals surface area contributed by atoms with Crippen LogP contribution in [0, 0.1) is 0 Å². The second-order valence-corrected chi connectivity index (χ2v) is 9.09. The number of ether oxygens (including phenoxy) is 2. The largest absolute Gasteiger partial charge is 0.497 e. The fraction of sp³-hybridized carbons (Fsp3) is 0.250.